The van der Waals surface area contributed by atoms with Crippen molar-refractivity contribution in [3.63, 3.8) is 0 Å². The number of carbonyl (C=O) groups excluding carboxylic acids is 1. The molecule has 0 fully saturated rings. The summed E-state index contributed by atoms with van der Waals surface area (Å²) in [7, 11) is 0. The summed E-state index contributed by atoms with van der Waals surface area (Å²) < 4.78 is 40.7. The molecule has 0 unspecified atom stereocenters. The van der Waals surface area contributed by atoms with Crippen molar-refractivity contribution in [2.75, 3.05) is 13.1 Å². The van der Waals surface area contributed by atoms with Crippen molar-refractivity contribution in [3.8, 4) is 17.5 Å². The number of allylic oxidation sites excluding steroid dienone is 1. The summed E-state index contributed by atoms with van der Waals surface area (Å²) in [4.78, 5) is 16.8. The summed E-state index contributed by atoms with van der Waals surface area (Å²) in [5, 5.41) is 7.10. The van der Waals surface area contributed by atoms with Gasteiger partial charge in [-0.1, -0.05) is 24.0 Å². The van der Waals surface area contributed by atoms with Gasteiger partial charge in [0.15, 0.2) is 0 Å². The molecule has 0 atom stereocenters. The smallest absolute Gasteiger partial charge is 0.352 e. The Morgan fingerprint density at radius 3 is 2.74 bits per heavy atom. The highest BCUT2D eigenvalue weighted by molar-refractivity contribution is 5.95. The number of hydrogen-bond acceptors (Lipinski definition) is 3. The van der Waals surface area contributed by atoms with Crippen LogP contribution in [0.25, 0.3) is 5.69 Å². The SMILES string of the molecule is O=C(NCCCC1=CCN=C1)c1ccc(-n2cccn2)c(C#Cc2cccc(C(F)(F)F)c2)c1. The summed E-state index contributed by atoms with van der Waals surface area (Å²) in [5.74, 6) is 5.45. The zero-order valence-electron chi connectivity index (χ0n) is 18.1. The molecule has 4 rings (SSSR count). The quantitative estimate of drug-likeness (QED) is 0.422. The molecule has 0 saturated carbocycles. The molecule has 0 spiro atoms. The molecule has 172 valence electrons. The van der Waals surface area contributed by atoms with E-state index in [0.29, 0.717) is 29.9 Å². The third-order valence-electron chi connectivity index (χ3n) is 5.19. The molecule has 34 heavy (non-hydrogen) atoms. The molecule has 2 heterocycles. The molecule has 0 radical (unpaired) electrons. The average Bonchev–Trinajstić information content (AvgIpc) is 3.54. The fourth-order valence-electron chi connectivity index (χ4n) is 3.46. The lowest BCUT2D eigenvalue weighted by atomic mass is 10.1. The summed E-state index contributed by atoms with van der Waals surface area (Å²) in [6, 6.07) is 11.6. The van der Waals surface area contributed by atoms with Crippen molar-refractivity contribution in [1.82, 2.24) is 15.1 Å². The van der Waals surface area contributed by atoms with Crippen molar-refractivity contribution in [2.24, 2.45) is 4.99 Å². The lowest BCUT2D eigenvalue weighted by molar-refractivity contribution is -0.137. The lowest BCUT2D eigenvalue weighted by Gasteiger charge is -2.09. The van der Waals surface area contributed by atoms with E-state index in [1.165, 1.54) is 17.7 Å². The van der Waals surface area contributed by atoms with E-state index in [2.05, 4.69) is 33.3 Å². The first-order chi connectivity index (χ1) is 16.4. The zero-order valence-corrected chi connectivity index (χ0v) is 18.1. The molecular formula is C26H21F3N4O. The Hall–Kier alpha value is -4.12. The monoisotopic (exact) mass is 462 g/mol. The highest BCUT2D eigenvalue weighted by Gasteiger charge is 2.30. The van der Waals surface area contributed by atoms with Crippen LogP contribution in [0.4, 0.5) is 13.2 Å². The van der Waals surface area contributed by atoms with Crippen molar-refractivity contribution in [1.29, 1.82) is 0 Å². The van der Waals surface area contributed by atoms with Crippen LogP contribution in [-0.4, -0.2) is 35.0 Å². The van der Waals surface area contributed by atoms with Gasteiger partial charge in [0, 0.05) is 36.3 Å². The van der Waals surface area contributed by atoms with Gasteiger partial charge in [-0.3, -0.25) is 9.79 Å². The van der Waals surface area contributed by atoms with Crippen LogP contribution in [-0.2, 0) is 6.18 Å². The van der Waals surface area contributed by atoms with Crippen molar-refractivity contribution in [3.05, 3.63) is 94.8 Å². The summed E-state index contributed by atoms with van der Waals surface area (Å²) in [6.45, 7) is 1.23. The van der Waals surface area contributed by atoms with Gasteiger partial charge in [-0.25, -0.2) is 4.68 Å². The second kappa shape index (κ2) is 10.2. The van der Waals surface area contributed by atoms with E-state index >= 15 is 0 Å². The fraction of sp³-hybridized carbons (Fsp3) is 0.192. The molecule has 1 N–H and O–H groups in total. The zero-order chi connectivity index (χ0) is 24.0. The maximum Gasteiger partial charge on any atom is 0.416 e. The maximum atomic E-state index is 13.0. The normalized spacial score (nSPS) is 12.7. The van der Waals surface area contributed by atoms with Crippen LogP contribution in [0.15, 0.2) is 77.6 Å². The molecule has 1 aromatic heterocycles. The van der Waals surface area contributed by atoms with Crippen molar-refractivity contribution < 1.29 is 18.0 Å². The Morgan fingerprint density at radius 2 is 2.00 bits per heavy atom. The summed E-state index contributed by atoms with van der Waals surface area (Å²) in [5.41, 5.74) is 2.13. The molecule has 0 saturated heterocycles. The van der Waals surface area contributed by atoms with Gasteiger partial charge in [0.05, 0.1) is 23.4 Å². The van der Waals surface area contributed by atoms with Crippen LogP contribution in [0.2, 0.25) is 0 Å². The third-order valence-corrected chi connectivity index (χ3v) is 5.19. The number of aliphatic imine (C=N–C) groups is 1. The van der Waals surface area contributed by atoms with E-state index in [1.54, 1.807) is 41.3 Å². The van der Waals surface area contributed by atoms with Gasteiger partial charge in [0.1, 0.15) is 0 Å². The minimum Gasteiger partial charge on any atom is -0.352 e. The third kappa shape index (κ3) is 5.81. The van der Waals surface area contributed by atoms with Gasteiger partial charge >= 0.3 is 6.18 Å². The van der Waals surface area contributed by atoms with Crippen LogP contribution in [0, 0.1) is 11.8 Å². The van der Waals surface area contributed by atoms with Gasteiger partial charge in [-0.05, 0) is 60.9 Å². The number of hydrogen-bond donors (Lipinski definition) is 1. The van der Waals surface area contributed by atoms with Crippen LogP contribution >= 0.6 is 0 Å². The van der Waals surface area contributed by atoms with Crippen LogP contribution in [0.1, 0.15) is 39.9 Å². The average molecular weight is 462 g/mol. The van der Waals surface area contributed by atoms with Gasteiger partial charge < -0.3 is 5.32 Å². The van der Waals surface area contributed by atoms with E-state index in [1.807, 2.05) is 6.21 Å². The van der Waals surface area contributed by atoms with Crippen LogP contribution in [0.5, 0.6) is 0 Å². The molecule has 1 aliphatic rings. The lowest BCUT2D eigenvalue weighted by Crippen LogP contribution is -2.24. The number of halogens is 3. The Kier molecular flexibility index (Phi) is 6.93. The molecule has 0 bridgehead atoms. The predicted molar refractivity (Wildman–Crippen MR) is 124 cm³/mol. The minimum atomic E-state index is -4.45. The first-order valence-electron chi connectivity index (χ1n) is 10.7. The Balaban J connectivity index is 1.55. The molecule has 2 aromatic carbocycles. The number of aromatic nitrogens is 2. The second-order valence-electron chi connectivity index (χ2n) is 7.64. The molecule has 8 heteroatoms. The van der Waals surface area contributed by atoms with Gasteiger partial charge in [0.2, 0.25) is 0 Å². The van der Waals surface area contributed by atoms with E-state index in [-0.39, 0.29) is 11.5 Å². The molecule has 3 aromatic rings. The highest BCUT2D eigenvalue weighted by atomic mass is 19.4. The molecular weight excluding hydrogens is 441 g/mol. The van der Waals surface area contributed by atoms with Gasteiger partial charge in [-0.2, -0.15) is 18.3 Å². The van der Waals surface area contributed by atoms with E-state index < -0.39 is 11.7 Å². The number of alkyl halides is 3. The number of nitrogens with one attached hydrogen (secondary N) is 1. The van der Waals surface area contributed by atoms with Gasteiger partial charge in [-0.15, -0.1) is 0 Å². The van der Waals surface area contributed by atoms with Gasteiger partial charge in [0.25, 0.3) is 5.91 Å². The molecule has 5 nitrogen and oxygen atoms in total. The number of nitrogens with zero attached hydrogens (tertiary/aromatic N) is 3. The Bertz CT molecular complexity index is 1300. The Morgan fingerprint density at radius 1 is 1.12 bits per heavy atom. The number of carbonyl (C=O) groups is 1. The van der Waals surface area contributed by atoms with E-state index in [0.717, 1.165) is 25.0 Å². The first kappa shape index (κ1) is 23.1. The highest BCUT2D eigenvalue weighted by Crippen LogP contribution is 2.29. The fourth-order valence-corrected chi connectivity index (χ4v) is 3.46. The van der Waals surface area contributed by atoms with Crippen LogP contribution in [0.3, 0.4) is 0 Å². The standard InChI is InChI=1S/C26H21F3N4O/c27-26(28,29)23-6-1-4-19(16-23)7-8-21-17-22(9-10-24(21)33-15-3-13-32-33)25(34)31-12-2-5-20-11-14-30-18-20/h1,3-4,6,9-11,13,15-18H,2,5,12,14H2,(H,31,34). The number of amides is 1. The molecule has 1 aliphatic heterocycles. The number of benzene rings is 2. The summed E-state index contributed by atoms with van der Waals surface area (Å²) in [6.07, 6.45) is 4.43. The topological polar surface area (TPSA) is 59.3 Å². The first-order valence-corrected chi connectivity index (χ1v) is 10.7. The van der Waals surface area contributed by atoms with Crippen LogP contribution < -0.4 is 5.32 Å². The summed E-state index contributed by atoms with van der Waals surface area (Å²) >= 11 is 0. The predicted octanol–water partition coefficient (Wildman–Crippen LogP) is 4.81. The second-order valence-corrected chi connectivity index (χ2v) is 7.64. The van der Waals surface area contributed by atoms with Crippen molar-refractivity contribution in [2.45, 2.75) is 19.0 Å². The van der Waals surface area contributed by atoms with E-state index in [9.17, 15) is 18.0 Å². The molecule has 1 amide bonds. The Labute approximate surface area is 195 Å². The maximum absolute atomic E-state index is 13.0. The minimum absolute atomic E-state index is 0.223. The number of rotatable bonds is 6. The molecule has 0 aliphatic carbocycles. The van der Waals surface area contributed by atoms with Crippen molar-refractivity contribution >= 4 is 12.1 Å². The largest absolute Gasteiger partial charge is 0.416 e. The van der Waals surface area contributed by atoms with E-state index in [4.69, 9.17) is 0 Å².